The molecule has 118 valence electrons. The molecule has 0 radical (unpaired) electrons. The van der Waals surface area contributed by atoms with Crippen LogP contribution in [0.2, 0.25) is 0 Å². The molecule has 1 atom stereocenters. The van der Waals surface area contributed by atoms with E-state index in [0.717, 1.165) is 17.0 Å². The van der Waals surface area contributed by atoms with Crippen LogP contribution < -0.4 is 10.2 Å². The summed E-state index contributed by atoms with van der Waals surface area (Å²) in [5, 5.41) is 12.4. The van der Waals surface area contributed by atoms with Gasteiger partial charge in [-0.25, -0.2) is 0 Å². The minimum absolute atomic E-state index is 0.0593. The van der Waals surface area contributed by atoms with Crippen LogP contribution in [-0.2, 0) is 6.42 Å². The van der Waals surface area contributed by atoms with Gasteiger partial charge < -0.3 is 15.3 Å². The molecule has 4 nitrogen and oxygen atoms in total. The fourth-order valence-corrected chi connectivity index (χ4v) is 3.03. The van der Waals surface area contributed by atoms with E-state index in [0.29, 0.717) is 12.1 Å². The highest BCUT2D eigenvalue weighted by atomic mass is 32.1. The Morgan fingerprint density at radius 1 is 1.32 bits per heavy atom. The standard InChI is InChI=1S/C17H22N2O2S/c1-12(20)16-8-7-15(22-16)9-10-18-17(21)13-5-4-6-14(11-13)19(2)3/h4-8,11-12,20H,9-10H2,1-3H3,(H,18,21)/t12-/m0/s1. The smallest absolute Gasteiger partial charge is 0.251 e. The van der Waals surface area contributed by atoms with Gasteiger partial charge in [-0.2, -0.15) is 0 Å². The van der Waals surface area contributed by atoms with Gasteiger partial charge in [0.1, 0.15) is 0 Å². The van der Waals surface area contributed by atoms with E-state index in [1.165, 1.54) is 4.88 Å². The average Bonchev–Trinajstić information content (AvgIpc) is 2.96. The summed E-state index contributed by atoms with van der Waals surface area (Å²) in [7, 11) is 3.90. The monoisotopic (exact) mass is 318 g/mol. The Labute approximate surface area is 135 Å². The lowest BCUT2D eigenvalue weighted by Gasteiger charge is -2.13. The molecule has 0 saturated carbocycles. The lowest BCUT2D eigenvalue weighted by molar-refractivity contribution is 0.0954. The van der Waals surface area contributed by atoms with Gasteiger partial charge in [-0.3, -0.25) is 4.79 Å². The van der Waals surface area contributed by atoms with Crippen LogP contribution in [0.4, 0.5) is 5.69 Å². The van der Waals surface area contributed by atoms with E-state index < -0.39 is 6.10 Å². The van der Waals surface area contributed by atoms with Crippen molar-refractivity contribution < 1.29 is 9.90 Å². The predicted octanol–water partition coefficient (Wildman–Crippen LogP) is 2.84. The van der Waals surface area contributed by atoms with Gasteiger partial charge in [0.25, 0.3) is 5.91 Å². The summed E-state index contributed by atoms with van der Waals surface area (Å²) in [6.07, 6.45) is 0.346. The first-order valence-corrected chi connectivity index (χ1v) is 8.11. The first-order chi connectivity index (χ1) is 10.5. The van der Waals surface area contributed by atoms with Gasteiger partial charge in [-0.05, 0) is 43.7 Å². The van der Waals surface area contributed by atoms with Crippen LogP contribution in [0.1, 0.15) is 33.1 Å². The molecule has 5 heteroatoms. The number of aliphatic hydroxyl groups is 1. The number of hydrogen-bond donors (Lipinski definition) is 2. The van der Waals surface area contributed by atoms with Crippen LogP contribution in [-0.4, -0.2) is 31.7 Å². The molecule has 1 aromatic carbocycles. The molecule has 1 aromatic heterocycles. The number of amides is 1. The number of nitrogens with zero attached hydrogens (tertiary/aromatic N) is 1. The largest absolute Gasteiger partial charge is 0.388 e. The summed E-state index contributed by atoms with van der Waals surface area (Å²) in [6, 6.07) is 11.5. The van der Waals surface area contributed by atoms with Crippen molar-refractivity contribution >= 4 is 22.9 Å². The van der Waals surface area contributed by atoms with E-state index in [4.69, 9.17) is 0 Å². The molecule has 22 heavy (non-hydrogen) atoms. The Bertz CT molecular complexity index is 635. The average molecular weight is 318 g/mol. The molecule has 0 aliphatic rings. The van der Waals surface area contributed by atoms with E-state index in [2.05, 4.69) is 5.32 Å². The van der Waals surface area contributed by atoms with Crippen LogP contribution in [0.25, 0.3) is 0 Å². The van der Waals surface area contributed by atoms with Gasteiger partial charge in [0.15, 0.2) is 0 Å². The molecule has 0 aliphatic carbocycles. The minimum Gasteiger partial charge on any atom is -0.388 e. The quantitative estimate of drug-likeness (QED) is 0.861. The Morgan fingerprint density at radius 3 is 2.73 bits per heavy atom. The Hall–Kier alpha value is -1.85. The zero-order chi connectivity index (χ0) is 16.1. The molecule has 0 aliphatic heterocycles. The maximum atomic E-state index is 12.2. The fourth-order valence-electron chi connectivity index (χ4n) is 2.08. The van der Waals surface area contributed by atoms with E-state index in [1.807, 2.05) is 55.4 Å². The van der Waals surface area contributed by atoms with Crippen LogP contribution in [0.15, 0.2) is 36.4 Å². The molecule has 2 rings (SSSR count). The molecule has 1 amide bonds. The van der Waals surface area contributed by atoms with Crippen molar-refractivity contribution in [2.45, 2.75) is 19.4 Å². The zero-order valence-corrected chi connectivity index (χ0v) is 14.0. The maximum Gasteiger partial charge on any atom is 0.251 e. The summed E-state index contributed by atoms with van der Waals surface area (Å²) < 4.78 is 0. The zero-order valence-electron chi connectivity index (χ0n) is 13.2. The van der Waals surface area contributed by atoms with Crippen molar-refractivity contribution in [3.05, 3.63) is 51.7 Å². The molecule has 0 spiro atoms. The third-order valence-corrected chi connectivity index (χ3v) is 4.69. The first-order valence-electron chi connectivity index (χ1n) is 7.29. The van der Waals surface area contributed by atoms with Crippen LogP contribution in [0, 0.1) is 0 Å². The summed E-state index contributed by atoms with van der Waals surface area (Å²) in [5.74, 6) is -0.0593. The van der Waals surface area contributed by atoms with Gasteiger partial charge in [-0.15, -0.1) is 11.3 Å². The summed E-state index contributed by atoms with van der Waals surface area (Å²) >= 11 is 1.59. The van der Waals surface area contributed by atoms with Crippen molar-refractivity contribution in [2.75, 3.05) is 25.5 Å². The van der Waals surface area contributed by atoms with Gasteiger partial charge in [0, 0.05) is 41.6 Å². The van der Waals surface area contributed by atoms with Crippen molar-refractivity contribution in [3.8, 4) is 0 Å². The lowest BCUT2D eigenvalue weighted by Crippen LogP contribution is -2.25. The number of aliphatic hydroxyl groups excluding tert-OH is 1. The number of nitrogens with one attached hydrogen (secondary N) is 1. The third-order valence-electron chi connectivity index (χ3n) is 3.38. The summed E-state index contributed by atoms with van der Waals surface area (Å²) in [6.45, 7) is 2.35. The van der Waals surface area contributed by atoms with E-state index in [9.17, 15) is 9.90 Å². The molecular formula is C17H22N2O2S. The lowest BCUT2D eigenvalue weighted by atomic mass is 10.2. The van der Waals surface area contributed by atoms with E-state index in [-0.39, 0.29) is 5.91 Å². The minimum atomic E-state index is -0.429. The number of anilines is 1. The van der Waals surface area contributed by atoms with Crippen molar-refractivity contribution in [1.29, 1.82) is 0 Å². The third kappa shape index (κ3) is 4.32. The van der Waals surface area contributed by atoms with Crippen LogP contribution in [0.5, 0.6) is 0 Å². The van der Waals surface area contributed by atoms with E-state index >= 15 is 0 Å². The highest BCUT2D eigenvalue weighted by molar-refractivity contribution is 7.12. The first kappa shape index (κ1) is 16.5. The van der Waals surface area contributed by atoms with Crippen molar-refractivity contribution in [1.82, 2.24) is 5.32 Å². The van der Waals surface area contributed by atoms with Gasteiger partial charge in [-0.1, -0.05) is 6.07 Å². The van der Waals surface area contributed by atoms with Crippen LogP contribution >= 0.6 is 11.3 Å². The number of carbonyl (C=O) groups is 1. The Kier molecular flexibility index (Phi) is 5.57. The number of carbonyl (C=O) groups excluding carboxylic acids is 1. The summed E-state index contributed by atoms with van der Waals surface area (Å²) in [4.78, 5) is 16.3. The number of thiophene rings is 1. The highest BCUT2D eigenvalue weighted by Crippen LogP contribution is 2.23. The van der Waals surface area contributed by atoms with E-state index in [1.54, 1.807) is 18.3 Å². The SMILES string of the molecule is C[C@H](O)c1ccc(CCNC(=O)c2cccc(N(C)C)c2)s1. The topological polar surface area (TPSA) is 52.6 Å². The second-order valence-electron chi connectivity index (χ2n) is 5.43. The highest BCUT2D eigenvalue weighted by Gasteiger charge is 2.08. The van der Waals surface area contributed by atoms with Gasteiger partial charge >= 0.3 is 0 Å². The van der Waals surface area contributed by atoms with Crippen molar-refractivity contribution in [3.63, 3.8) is 0 Å². The van der Waals surface area contributed by atoms with Crippen LogP contribution in [0.3, 0.4) is 0 Å². The molecule has 1 heterocycles. The van der Waals surface area contributed by atoms with Crippen molar-refractivity contribution in [2.24, 2.45) is 0 Å². The molecule has 2 aromatic rings. The Morgan fingerprint density at radius 2 is 2.09 bits per heavy atom. The molecule has 0 fully saturated rings. The fraction of sp³-hybridized carbons (Fsp3) is 0.353. The molecule has 0 bridgehead atoms. The second-order valence-corrected chi connectivity index (χ2v) is 6.63. The van der Waals surface area contributed by atoms with Gasteiger partial charge in [0.05, 0.1) is 6.10 Å². The summed E-state index contributed by atoms with van der Waals surface area (Å²) in [5.41, 5.74) is 1.68. The normalized spacial score (nSPS) is 12.0. The Balaban J connectivity index is 1.88. The maximum absolute atomic E-state index is 12.2. The number of rotatable bonds is 6. The van der Waals surface area contributed by atoms with Gasteiger partial charge in [0.2, 0.25) is 0 Å². The molecule has 0 saturated heterocycles. The number of benzene rings is 1. The molecular weight excluding hydrogens is 296 g/mol. The number of hydrogen-bond acceptors (Lipinski definition) is 4. The molecule has 2 N–H and O–H groups in total. The second kappa shape index (κ2) is 7.42. The molecule has 0 unspecified atom stereocenters. The predicted molar refractivity (Wildman–Crippen MR) is 91.8 cm³/mol.